The molecule has 0 radical (unpaired) electrons. The molecule has 78 valence electrons. The van der Waals surface area contributed by atoms with E-state index in [2.05, 4.69) is 4.98 Å². The molecule has 5 nitrogen and oxygen atoms in total. The number of hydrogen-bond acceptors (Lipinski definition) is 3. The molecule has 0 unspecified atom stereocenters. The fraction of sp³-hybridized carbons (Fsp3) is 0.200. The monoisotopic (exact) mass is 204 g/mol. The van der Waals surface area contributed by atoms with Crippen LogP contribution >= 0.6 is 0 Å². The molecule has 1 aromatic carbocycles. The average Bonchev–Trinajstić information content (AvgIpc) is 2.52. The van der Waals surface area contributed by atoms with Crippen molar-refractivity contribution in [2.24, 2.45) is 5.73 Å². The number of carbonyl (C=O) groups excluding carboxylic acids is 1. The molecular formula is C10H12N4O. The minimum absolute atomic E-state index is 0.308. The molecule has 1 atom stereocenters. The SMILES string of the molecule is C[C@@H](C(N)=O)n1c(N)nc2ccccc21. The Bertz CT molecular complexity index is 517. The van der Waals surface area contributed by atoms with Crippen molar-refractivity contribution in [3.05, 3.63) is 24.3 Å². The van der Waals surface area contributed by atoms with E-state index in [1.54, 1.807) is 11.5 Å². The van der Waals surface area contributed by atoms with Gasteiger partial charge in [0.05, 0.1) is 11.0 Å². The summed E-state index contributed by atoms with van der Waals surface area (Å²) in [6.07, 6.45) is 0. The number of amides is 1. The highest BCUT2D eigenvalue weighted by atomic mass is 16.1. The number of hydrogen-bond donors (Lipinski definition) is 2. The predicted molar refractivity (Wildman–Crippen MR) is 58.1 cm³/mol. The van der Waals surface area contributed by atoms with Crippen LogP contribution in [0.1, 0.15) is 13.0 Å². The first-order valence-corrected chi connectivity index (χ1v) is 4.63. The molecule has 4 N–H and O–H groups in total. The highest BCUT2D eigenvalue weighted by molar-refractivity contribution is 5.84. The van der Waals surface area contributed by atoms with Crippen LogP contribution in [-0.2, 0) is 4.79 Å². The Balaban J connectivity index is 2.68. The number of imidazole rings is 1. The largest absolute Gasteiger partial charge is 0.369 e. The summed E-state index contributed by atoms with van der Waals surface area (Å²) >= 11 is 0. The summed E-state index contributed by atoms with van der Waals surface area (Å²) in [7, 11) is 0. The van der Waals surface area contributed by atoms with Crippen LogP contribution in [0.2, 0.25) is 0 Å². The van der Waals surface area contributed by atoms with Crippen molar-refractivity contribution in [1.82, 2.24) is 9.55 Å². The van der Waals surface area contributed by atoms with Crippen LogP contribution in [0.3, 0.4) is 0 Å². The summed E-state index contributed by atoms with van der Waals surface area (Å²) in [6.45, 7) is 1.70. The number of carbonyl (C=O) groups is 1. The van der Waals surface area contributed by atoms with Crippen LogP contribution in [0.25, 0.3) is 11.0 Å². The van der Waals surface area contributed by atoms with Gasteiger partial charge in [-0.2, -0.15) is 0 Å². The summed E-state index contributed by atoms with van der Waals surface area (Å²) in [4.78, 5) is 15.3. The fourth-order valence-electron chi connectivity index (χ4n) is 1.60. The summed E-state index contributed by atoms with van der Waals surface area (Å²) in [5.74, 6) is -0.118. The molecule has 15 heavy (non-hydrogen) atoms. The molecule has 2 aromatic rings. The molecule has 0 bridgehead atoms. The summed E-state index contributed by atoms with van der Waals surface area (Å²) in [6, 6.07) is 6.95. The van der Waals surface area contributed by atoms with E-state index in [1.807, 2.05) is 24.3 Å². The van der Waals surface area contributed by atoms with Gasteiger partial charge in [-0.3, -0.25) is 9.36 Å². The fourth-order valence-corrected chi connectivity index (χ4v) is 1.60. The highest BCUT2D eigenvalue weighted by Crippen LogP contribution is 2.21. The standard InChI is InChI=1S/C10H12N4O/c1-6(9(11)15)14-8-5-3-2-4-7(8)13-10(14)12/h2-6H,1H3,(H2,11,15)(H2,12,13)/t6-/m0/s1. The number of nitrogens with two attached hydrogens (primary N) is 2. The van der Waals surface area contributed by atoms with Crippen LogP contribution < -0.4 is 11.5 Å². The van der Waals surface area contributed by atoms with E-state index in [9.17, 15) is 4.79 Å². The lowest BCUT2D eigenvalue weighted by Crippen LogP contribution is -2.24. The number of primary amides is 1. The molecule has 2 rings (SSSR count). The molecule has 0 aliphatic carbocycles. The Morgan fingerprint density at radius 2 is 2.13 bits per heavy atom. The van der Waals surface area contributed by atoms with Gasteiger partial charge in [0.2, 0.25) is 11.9 Å². The zero-order valence-corrected chi connectivity index (χ0v) is 8.34. The van der Waals surface area contributed by atoms with Gasteiger partial charge in [-0.15, -0.1) is 0 Å². The quantitative estimate of drug-likeness (QED) is 0.753. The van der Waals surface area contributed by atoms with Crippen molar-refractivity contribution in [3.63, 3.8) is 0 Å². The second kappa shape index (κ2) is 3.27. The summed E-state index contributed by atoms with van der Waals surface area (Å²) < 4.78 is 1.64. The molecule has 1 aromatic heterocycles. The van der Waals surface area contributed by atoms with Gasteiger partial charge >= 0.3 is 0 Å². The van der Waals surface area contributed by atoms with E-state index < -0.39 is 11.9 Å². The van der Waals surface area contributed by atoms with Crippen LogP contribution in [-0.4, -0.2) is 15.5 Å². The smallest absolute Gasteiger partial charge is 0.240 e. The van der Waals surface area contributed by atoms with Gasteiger partial charge in [-0.05, 0) is 19.1 Å². The van der Waals surface area contributed by atoms with Crippen LogP contribution in [0.4, 0.5) is 5.95 Å². The van der Waals surface area contributed by atoms with Crippen LogP contribution in [0.15, 0.2) is 24.3 Å². The van der Waals surface area contributed by atoms with Crippen LogP contribution in [0, 0.1) is 0 Å². The first-order chi connectivity index (χ1) is 7.11. The van der Waals surface area contributed by atoms with Crippen molar-refractivity contribution in [1.29, 1.82) is 0 Å². The number of anilines is 1. The van der Waals surface area contributed by atoms with Crippen molar-refractivity contribution < 1.29 is 4.79 Å². The number of aromatic nitrogens is 2. The first kappa shape index (κ1) is 9.51. The maximum Gasteiger partial charge on any atom is 0.240 e. The number of nitrogen functional groups attached to an aromatic ring is 1. The van der Waals surface area contributed by atoms with Crippen LogP contribution in [0.5, 0.6) is 0 Å². The molecule has 5 heteroatoms. The Morgan fingerprint density at radius 3 is 2.80 bits per heavy atom. The van der Waals surface area contributed by atoms with Gasteiger partial charge in [0.25, 0.3) is 0 Å². The number of para-hydroxylation sites is 2. The minimum atomic E-state index is -0.489. The normalized spacial score (nSPS) is 12.9. The van der Waals surface area contributed by atoms with E-state index in [-0.39, 0.29) is 0 Å². The molecule has 1 heterocycles. The Morgan fingerprint density at radius 1 is 1.47 bits per heavy atom. The Kier molecular flexibility index (Phi) is 2.07. The van der Waals surface area contributed by atoms with Crippen molar-refractivity contribution in [3.8, 4) is 0 Å². The van der Waals surface area contributed by atoms with E-state index in [1.165, 1.54) is 0 Å². The second-order valence-electron chi connectivity index (χ2n) is 3.41. The molecule has 0 saturated heterocycles. The van der Waals surface area contributed by atoms with Crippen molar-refractivity contribution >= 4 is 22.9 Å². The topological polar surface area (TPSA) is 86.9 Å². The molecule has 0 aliphatic rings. The third-order valence-corrected chi connectivity index (χ3v) is 2.42. The second-order valence-corrected chi connectivity index (χ2v) is 3.41. The van der Waals surface area contributed by atoms with E-state index >= 15 is 0 Å². The number of rotatable bonds is 2. The van der Waals surface area contributed by atoms with Gasteiger partial charge < -0.3 is 11.5 Å². The maximum absolute atomic E-state index is 11.1. The van der Waals surface area contributed by atoms with Crippen molar-refractivity contribution in [2.45, 2.75) is 13.0 Å². The van der Waals surface area contributed by atoms with E-state index in [0.717, 1.165) is 11.0 Å². The van der Waals surface area contributed by atoms with Gasteiger partial charge in [0.1, 0.15) is 6.04 Å². The third-order valence-electron chi connectivity index (χ3n) is 2.42. The Hall–Kier alpha value is -2.04. The van der Waals surface area contributed by atoms with E-state index in [4.69, 9.17) is 11.5 Å². The number of fused-ring (bicyclic) bond motifs is 1. The lowest BCUT2D eigenvalue weighted by atomic mass is 10.2. The van der Waals surface area contributed by atoms with Gasteiger partial charge in [-0.25, -0.2) is 4.98 Å². The molecule has 0 aliphatic heterocycles. The molecule has 0 saturated carbocycles. The van der Waals surface area contributed by atoms with Gasteiger partial charge in [0, 0.05) is 0 Å². The lowest BCUT2D eigenvalue weighted by Gasteiger charge is -2.11. The Labute approximate surface area is 86.7 Å². The lowest BCUT2D eigenvalue weighted by molar-refractivity contribution is -0.120. The summed E-state index contributed by atoms with van der Waals surface area (Å²) in [5, 5.41) is 0. The molecular weight excluding hydrogens is 192 g/mol. The third kappa shape index (κ3) is 1.41. The number of nitrogens with zero attached hydrogens (tertiary/aromatic N) is 2. The maximum atomic E-state index is 11.1. The highest BCUT2D eigenvalue weighted by Gasteiger charge is 2.17. The average molecular weight is 204 g/mol. The predicted octanol–water partition coefficient (Wildman–Crippen LogP) is 0.665. The molecule has 0 fully saturated rings. The molecule has 1 amide bonds. The summed E-state index contributed by atoms with van der Waals surface area (Å²) in [5.41, 5.74) is 12.6. The zero-order valence-electron chi connectivity index (χ0n) is 8.34. The number of benzene rings is 1. The van der Waals surface area contributed by atoms with Crippen molar-refractivity contribution in [2.75, 3.05) is 5.73 Å². The first-order valence-electron chi connectivity index (χ1n) is 4.63. The zero-order chi connectivity index (χ0) is 11.0. The minimum Gasteiger partial charge on any atom is -0.369 e. The van der Waals surface area contributed by atoms with Gasteiger partial charge in [-0.1, -0.05) is 12.1 Å². The van der Waals surface area contributed by atoms with E-state index in [0.29, 0.717) is 5.95 Å². The molecule has 0 spiro atoms. The van der Waals surface area contributed by atoms with Gasteiger partial charge in [0.15, 0.2) is 0 Å².